The Labute approximate surface area is 192 Å². The lowest BCUT2D eigenvalue weighted by molar-refractivity contribution is -0.333. The second kappa shape index (κ2) is 11.6. The molecule has 186 valence electrons. The van der Waals surface area contributed by atoms with Crippen LogP contribution in [-0.2, 0) is 33.3 Å². The highest BCUT2D eigenvalue weighted by Gasteiger charge is 2.45. The molecule has 1 saturated heterocycles. The van der Waals surface area contributed by atoms with Gasteiger partial charge in [-0.25, -0.2) is 9.59 Å². The molecule has 32 heavy (non-hydrogen) atoms. The van der Waals surface area contributed by atoms with Gasteiger partial charge in [-0.15, -0.1) is 6.58 Å². The van der Waals surface area contributed by atoms with E-state index < -0.39 is 53.2 Å². The Morgan fingerprint density at radius 1 is 1.09 bits per heavy atom. The number of hydrogen-bond donors (Lipinski definition) is 1. The highest BCUT2D eigenvalue weighted by atomic mass is 16.7. The van der Waals surface area contributed by atoms with E-state index in [9.17, 15) is 14.7 Å². The molecule has 0 aliphatic carbocycles. The standard InChI is InChI=1S/C24H42O8/c1-10-17(20(26)21(27)32-23(7,8)9)18-13-16(29-24(11-2,12-3)30-18)14-28-15-19(25)31-22(4,5)6/h10,16-18,20,26H,1,11-15H2,2-9H3/t16-,17-,18+,20+/m1/s1. The Bertz CT molecular complexity index is 627. The SMILES string of the molecule is C=C[C@H]([C@@H]1C[C@H](COCC(=O)OC(C)(C)C)OC(CC)(CC)O1)[C@H](O)C(=O)OC(C)(C)C. The molecule has 1 aliphatic heterocycles. The Balaban J connectivity index is 2.90. The van der Waals surface area contributed by atoms with Gasteiger partial charge in [0.05, 0.1) is 18.8 Å². The highest BCUT2D eigenvalue weighted by molar-refractivity contribution is 5.75. The van der Waals surface area contributed by atoms with Crippen molar-refractivity contribution < 1.29 is 38.4 Å². The predicted octanol–water partition coefficient (Wildman–Crippen LogP) is 3.54. The van der Waals surface area contributed by atoms with E-state index in [1.165, 1.54) is 6.08 Å². The second-order valence-electron chi connectivity index (χ2n) is 10.1. The van der Waals surface area contributed by atoms with Crippen LogP contribution in [0.4, 0.5) is 0 Å². The summed E-state index contributed by atoms with van der Waals surface area (Å²) < 4.78 is 28.6. The third-order valence-electron chi connectivity index (χ3n) is 4.98. The van der Waals surface area contributed by atoms with E-state index in [4.69, 9.17) is 23.7 Å². The maximum absolute atomic E-state index is 12.5. The van der Waals surface area contributed by atoms with Gasteiger partial charge in [0.1, 0.15) is 17.8 Å². The first-order valence-electron chi connectivity index (χ1n) is 11.3. The third-order valence-corrected chi connectivity index (χ3v) is 4.98. The first-order chi connectivity index (χ1) is 14.6. The zero-order valence-corrected chi connectivity index (χ0v) is 20.9. The van der Waals surface area contributed by atoms with Gasteiger partial charge < -0.3 is 28.8 Å². The number of rotatable bonds is 10. The van der Waals surface area contributed by atoms with Crippen LogP contribution >= 0.6 is 0 Å². The van der Waals surface area contributed by atoms with E-state index in [-0.39, 0.29) is 13.2 Å². The molecule has 1 aliphatic rings. The summed E-state index contributed by atoms with van der Waals surface area (Å²) in [5.41, 5.74) is -1.32. The maximum Gasteiger partial charge on any atom is 0.336 e. The fraction of sp³-hybridized carbons (Fsp3) is 0.833. The number of hydrogen-bond acceptors (Lipinski definition) is 8. The van der Waals surface area contributed by atoms with Crippen LogP contribution < -0.4 is 0 Å². The quantitative estimate of drug-likeness (QED) is 0.392. The Kier molecular flexibility index (Phi) is 10.3. The summed E-state index contributed by atoms with van der Waals surface area (Å²) in [7, 11) is 0. The van der Waals surface area contributed by atoms with E-state index in [0.717, 1.165) is 0 Å². The van der Waals surface area contributed by atoms with Gasteiger partial charge in [0, 0.05) is 12.3 Å². The van der Waals surface area contributed by atoms with E-state index in [0.29, 0.717) is 19.3 Å². The molecule has 1 fully saturated rings. The molecule has 1 heterocycles. The van der Waals surface area contributed by atoms with Crippen LogP contribution in [0, 0.1) is 5.92 Å². The number of carbonyl (C=O) groups is 2. The van der Waals surface area contributed by atoms with Crippen LogP contribution in [0.1, 0.15) is 74.7 Å². The van der Waals surface area contributed by atoms with Crippen molar-refractivity contribution in [1.82, 2.24) is 0 Å². The van der Waals surface area contributed by atoms with Crippen LogP contribution in [0.15, 0.2) is 12.7 Å². The van der Waals surface area contributed by atoms with Gasteiger partial charge in [0.2, 0.25) is 0 Å². The number of carbonyl (C=O) groups excluding carboxylic acids is 2. The minimum absolute atomic E-state index is 0.146. The average molecular weight is 459 g/mol. The van der Waals surface area contributed by atoms with Crippen molar-refractivity contribution in [3.63, 3.8) is 0 Å². The van der Waals surface area contributed by atoms with Crippen molar-refractivity contribution in [2.75, 3.05) is 13.2 Å². The topological polar surface area (TPSA) is 101 Å². The number of aliphatic hydroxyl groups excluding tert-OH is 1. The zero-order valence-electron chi connectivity index (χ0n) is 20.9. The van der Waals surface area contributed by atoms with Gasteiger partial charge in [-0.2, -0.15) is 0 Å². The largest absolute Gasteiger partial charge is 0.458 e. The van der Waals surface area contributed by atoms with E-state index in [1.807, 2.05) is 13.8 Å². The predicted molar refractivity (Wildman–Crippen MR) is 120 cm³/mol. The fourth-order valence-corrected chi connectivity index (χ4v) is 3.53. The summed E-state index contributed by atoms with van der Waals surface area (Å²) in [6, 6.07) is 0. The molecule has 0 bridgehead atoms. The Morgan fingerprint density at radius 3 is 2.12 bits per heavy atom. The molecule has 0 unspecified atom stereocenters. The lowest BCUT2D eigenvalue weighted by Gasteiger charge is -2.46. The van der Waals surface area contributed by atoms with Gasteiger partial charge in [0.15, 0.2) is 11.9 Å². The van der Waals surface area contributed by atoms with Crippen LogP contribution in [0.25, 0.3) is 0 Å². The van der Waals surface area contributed by atoms with Crippen molar-refractivity contribution in [3.8, 4) is 0 Å². The number of ether oxygens (including phenoxy) is 5. The summed E-state index contributed by atoms with van der Waals surface area (Å²) in [5.74, 6) is -2.77. The molecule has 8 heteroatoms. The number of esters is 2. The fourth-order valence-electron chi connectivity index (χ4n) is 3.53. The van der Waals surface area contributed by atoms with E-state index in [2.05, 4.69) is 6.58 Å². The summed E-state index contributed by atoms with van der Waals surface area (Å²) in [5, 5.41) is 10.7. The van der Waals surface area contributed by atoms with Gasteiger partial charge in [-0.05, 0) is 54.4 Å². The maximum atomic E-state index is 12.5. The molecule has 1 rings (SSSR count). The van der Waals surface area contributed by atoms with Gasteiger partial charge in [0.25, 0.3) is 0 Å². The highest BCUT2D eigenvalue weighted by Crippen LogP contribution is 2.37. The molecular formula is C24H42O8. The summed E-state index contributed by atoms with van der Waals surface area (Å²) in [6.07, 6.45) is 0.628. The summed E-state index contributed by atoms with van der Waals surface area (Å²) in [4.78, 5) is 24.4. The summed E-state index contributed by atoms with van der Waals surface area (Å²) in [6.45, 7) is 18.2. The molecule has 0 aromatic heterocycles. The van der Waals surface area contributed by atoms with Crippen molar-refractivity contribution in [3.05, 3.63) is 12.7 Å². The van der Waals surface area contributed by atoms with Gasteiger partial charge in [-0.3, -0.25) is 0 Å². The second-order valence-corrected chi connectivity index (χ2v) is 10.1. The van der Waals surface area contributed by atoms with Crippen molar-refractivity contribution in [2.24, 2.45) is 5.92 Å². The van der Waals surface area contributed by atoms with E-state index in [1.54, 1.807) is 41.5 Å². The van der Waals surface area contributed by atoms with Crippen molar-refractivity contribution in [2.45, 2.75) is 110 Å². The lowest BCUT2D eigenvalue weighted by Crippen LogP contribution is -2.53. The van der Waals surface area contributed by atoms with Crippen LogP contribution in [0.5, 0.6) is 0 Å². The molecule has 0 aromatic carbocycles. The van der Waals surface area contributed by atoms with Crippen molar-refractivity contribution in [1.29, 1.82) is 0 Å². The van der Waals surface area contributed by atoms with Crippen molar-refractivity contribution >= 4 is 11.9 Å². The minimum Gasteiger partial charge on any atom is -0.458 e. The first-order valence-corrected chi connectivity index (χ1v) is 11.3. The van der Waals surface area contributed by atoms with Crippen LogP contribution in [0.2, 0.25) is 0 Å². The molecule has 0 radical (unpaired) electrons. The summed E-state index contributed by atoms with van der Waals surface area (Å²) >= 11 is 0. The normalized spacial score (nSPS) is 23.2. The smallest absolute Gasteiger partial charge is 0.336 e. The van der Waals surface area contributed by atoms with Crippen LogP contribution in [0.3, 0.4) is 0 Å². The van der Waals surface area contributed by atoms with Crippen LogP contribution in [-0.4, -0.2) is 65.6 Å². The lowest BCUT2D eigenvalue weighted by atomic mass is 9.89. The molecule has 0 saturated carbocycles. The Hall–Kier alpha value is -1.48. The molecule has 0 spiro atoms. The molecular weight excluding hydrogens is 416 g/mol. The van der Waals surface area contributed by atoms with Gasteiger partial charge in [-0.1, -0.05) is 19.9 Å². The molecule has 4 atom stereocenters. The van der Waals surface area contributed by atoms with E-state index >= 15 is 0 Å². The molecule has 0 amide bonds. The Morgan fingerprint density at radius 2 is 1.66 bits per heavy atom. The number of aliphatic hydroxyl groups is 1. The monoisotopic (exact) mass is 458 g/mol. The molecule has 8 nitrogen and oxygen atoms in total. The van der Waals surface area contributed by atoms with Gasteiger partial charge >= 0.3 is 11.9 Å². The average Bonchev–Trinajstić information content (AvgIpc) is 2.65. The zero-order chi connectivity index (χ0) is 24.7. The first kappa shape index (κ1) is 28.6. The molecule has 1 N–H and O–H groups in total. The minimum atomic E-state index is -1.43. The molecule has 0 aromatic rings. The third kappa shape index (κ3) is 9.17.